The maximum absolute atomic E-state index is 12.6. The number of thioether (sulfide) groups is 1. The molecule has 3 rings (SSSR count). The Balaban J connectivity index is 1.77. The van der Waals surface area contributed by atoms with E-state index in [9.17, 15) is 14.4 Å². The van der Waals surface area contributed by atoms with Gasteiger partial charge in [-0.15, -0.1) is 0 Å². The highest BCUT2D eigenvalue weighted by atomic mass is 79.9. The molecule has 1 heterocycles. The first-order valence-electron chi connectivity index (χ1n) is 8.27. The summed E-state index contributed by atoms with van der Waals surface area (Å²) in [5.74, 6) is -0.789. The van der Waals surface area contributed by atoms with Crippen LogP contribution in [0.3, 0.4) is 0 Å². The minimum Gasteiger partial charge on any atom is -0.377 e. The number of rotatable bonds is 5. The number of carbonyl (C=O) groups is 3. The van der Waals surface area contributed by atoms with E-state index in [2.05, 4.69) is 15.9 Å². The van der Waals surface area contributed by atoms with Crippen molar-refractivity contribution >= 4 is 68.0 Å². The van der Waals surface area contributed by atoms with Crippen LogP contribution in [0, 0.1) is 0 Å². The summed E-state index contributed by atoms with van der Waals surface area (Å²) in [5, 5.41) is 0.0552. The van der Waals surface area contributed by atoms with Crippen molar-refractivity contribution in [2.75, 3.05) is 25.5 Å². The molecular formula is C20H16BrClN2O3S. The summed E-state index contributed by atoms with van der Waals surface area (Å²) in [6.45, 7) is -0.299. The normalized spacial score (nSPS) is 15.4. The van der Waals surface area contributed by atoms with Gasteiger partial charge in [-0.1, -0.05) is 17.7 Å². The molecule has 0 atom stereocenters. The molecule has 0 radical (unpaired) electrons. The molecule has 2 aromatic rings. The Kier molecular flexibility index (Phi) is 6.27. The Hall–Kier alpha value is -2.09. The van der Waals surface area contributed by atoms with E-state index >= 15 is 0 Å². The molecule has 0 aliphatic carbocycles. The van der Waals surface area contributed by atoms with Gasteiger partial charge < -0.3 is 4.90 Å². The molecule has 0 unspecified atom stereocenters. The minimum atomic E-state index is -0.467. The standard InChI is InChI=1S/C20H16BrClN2O3S/c1-23(2)16-8-3-12(9-15(16)21)10-18-19(26)24(20(27)28-18)11-17(25)13-4-6-14(22)7-5-13/h3-10H,11H2,1-2H3/b18-10-. The molecule has 0 aromatic heterocycles. The molecule has 28 heavy (non-hydrogen) atoms. The molecule has 1 aliphatic rings. The molecule has 5 nitrogen and oxygen atoms in total. The highest BCUT2D eigenvalue weighted by Crippen LogP contribution is 2.34. The van der Waals surface area contributed by atoms with Gasteiger partial charge in [-0.3, -0.25) is 19.3 Å². The average Bonchev–Trinajstić information content (AvgIpc) is 2.89. The van der Waals surface area contributed by atoms with Gasteiger partial charge in [0.05, 0.1) is 17.1 Å². The fourth-order valence-corrected chi connectivity index (χ4v) is 4.35. The fourth-order valence-electron chi connectivity index (χ4n) is 2.63. The van der Waals surface area contributed by atoms with Crippen LogP contribution in [0.15, 0.2) is 51.8 Å². The van der Waals surface area contributed by atoms with Crippen molar-refractivity contribution < 1.29 is 14.4 Å². The van der Waals surface area contributed by atoms with Gasteiger partial charge in [-0.2, -0.15) is 0 Å². The first-order valence-corrected chi connectivity index (χ1v) is 10.3. The number of hydrogen-bond donors (Lipinski definition) is 0. The summed E-state index contributed by atoms with van der Waals surface area (Å²) in [7, 11) is 3.87. The number of amides is 2. The summed E-state index contributed by atoms with van der Waals surface area (Å²) in [4.78, 5) is 40.5. The van der Waals surface area contributed by atoms with Crippen molar-refractivity contribution in [2.24, 2.45) is 0 Å². The van der Waals surface area contributed by atoms with Gasteiger partial charge in [0.2, 0.25) is 0 Å². The number of Topliss-reactive ketones (excluding diaryl/α,β-unsaturated/α-hetero) is 1. The van der Waals surface area contributed by atoms with Crippen molar-refractivity contribution in [1.29, 1.82) is 0 Å². The number of nitrogens with zero attached hydrogens (tertiary/aromatic N) is 2. The third kappa shape index (κ3) is 4.48. The van der Waals surface area contributed by atoms with E-state index in [0.29, 0.717) is 15.5 Å². The van der Waals surface area contributed by atoms with Crippen LogP contribution in [-0.4, -0.2) is 42.5 Å². The van der Waals surface area contributed by atoms with E-state index in [4.69, 9.17) is 11.6 Å². The lowest BCUT2D eigenvalue weighted by Crippen LogP contribution is -2.33. The van der Waals surface area contributed by atoms with Crippen LogP contribution in [0.1, 0.15) is 15.9 Å². The van der Waals surface area contributed by atoms with E-state index in [1.165, 1.54) is 0 Å². The third-order valence-corrected chi connectivity index (χ3v) is 5.89. The molecule has 1 saturated heterocycles. The zero-order chi connectivity index (χ0) is 20.4. The quantitative estimate of drug-likeness (QED) is 0.442. The Labute approximate surface area is 180 Å². The lowest BCUT2D eigenvalue weighted by molar-refractivity contribution is -0.122. The number of hydrogen-bond acceptors (Lipinski definition) is 5. The van der Waals surface area contributed by atoms with Crippen LogP contribution in [0.4, 0.5) is 10.5 Å². The second-order valence-electron chi connectivity index (χ2n) is 6.30. The van der Waals surface area contributed by atoms with Gasteiger partial charge in [0.25, 0.3) is 11.1 Å². The largest absolute Gasteiger partial charge is 0.377 e. The van der Waals surface area contributed by atoms with Crippen LogP contribution < -0.4 is 4.90 Å². The number of benzene rings is 2. The third-order valence-electron chi connectivity index (χ3n) is 4.09. The van der Waals surface area contributed by atoms with Gasteiger partial charge in [0.1, 0.15) is 0 Å². The highest BCUT2D eigenvalue weighted by Gasteiger charge is 2.36. The van der Waals surface area contributed by atoms with E-state index < -0.39 is 11.1 Å². The summed E-state index contributed by atoms with van der Waals surface area (Å²) in [5.41, 5.74) is 2.18. The average molecular weight is 480 g/mol. The van der Waals surface area contributed by atoms with E-state index in [0.717, 1.165) is 32.4 Å². The number of halogens is 2. The predicted molar refractivity (Wildman–Crippen MR) is 117 cm³/mol. The van der Waals surface area contributed by atoms with Crippen LogP contribution in [0.5, 0.6) is 0 Å². The minimum absolute atomic E-state index is 0.290. The maximum Gasteiger partial charge on any atom is 0.293 e. The highest BCUT2D eigenvalue weighted by molar-refractivity contribution is 9.10. The summed E-state index contributed by atoms with van der Waals surface area (Å²) < 4.78 is 0.878. The Morgan fingerprint density at radius 1 is 1.18 bits per heavy atom. The molecule has 144 valence electrons. The molecule has 0 spiro atoms. The first-order chi connectivity index (χ1) is 13.3. The second kappa shape index (κ2) is 8.51. The second-order valence-corrected chi connectivity index (χ2v) is 8.59. The van der Waals surface area contributed by atoms with Crippen LogP contribution in [-0.2, 0) is 4.79 Å². The lowest BCUT2D eigenvalue weighted by atomic mass is 10.1. The van der Waals surface area contributed by atoms with Gasteiger partial charge in [-0.05, 0) is 75.7 Å². The fraction of sp³-hybridized carbons (Fsp3) is 0.150. The smallest absolute Gasteiger partial charge is 0.293 e. The van der Waals surface area contributed by atoms with Gasteiger partial charge in [-0.25, -0.2) is 0 Å². The number of ketones is 1. The Bertz CT molecular complexity index is 989. The molecule has 0 N–H and O–H groups in total. The predicted octanol–water partition coefficient (Wildman–Crippen LogP) is 5.09. The molecule has 2 amide bonds. The lowest BCUT2D eigenvalue weighted by Gasteiger charge is -2.14. The van der Waals surface area contributed by atoms with Crippen molar-refractivity contribution in [3.05, 3.63) is 68.0 Å². The molecule has 2 aromatic carbocycles. The van der Waals surface area contributed by atoms with E-state index in [-0.39, 0.29) is 12.3 Å². The molecule has 8 heteroatoms. The van der Waals surface area contributed by atoms with Gasteiger partial charge in [0, 0.05) is 29.2 Å². The van der Waals surface area contributed by atoms with Gasteiger partial charge >= 0.3 is 0 Å². The number of imide groups is 1. The van der Waals surface area contributed by atoms with Crippen molar-refractivity contribution in [1.82, 2.24) is 4.90 Å². The SMILES string of the molecule is CN(C)c1ccc(/C=C2\SC(=O)N(CC(=O)c3ccc(Cl)cc3)C2=O)cc1Br. The zero-order valence-electron chi connectivity index (χ0n) is 15.1. The monoisotopic (exact) mass is 478 g/mol. The maximum atomic E-state index is 12.6. The Morgan fingerprint density at radius 2 is 1.86 bits per heavy atom. The summed E-state index contributed by atoms with van der Waals surface area (Å²) >= 11 is 10.2. The van der Waals surface area contributed by atoms with Gasteiger partial charge in [0.15, 0.2) is 5.78 Å². The molecular weight excluding hydrogens is 464 g/mol. The van der Waals surface area contributed by atoms with Crippen LogP contribution >= 0.6 is 39.3 Å². The van der Waals surface area contributed by atoms with Crippen molar-refractivity contribution in [2.45, 2.75) is 0 Å². The first kappa shape index (κ1) is 20.6. The topological polar surface area (TPSA) is 57.7 Å². The zero-order valence-corrected chi connectivity index (χ0v) is 18.3. The van der Waals surface area contributed by atoms with Crippen molar-refractivity contribution in [3.63, 3.8) is 0 Å². The van der Waals surface area contributed by atoms with Crippen LogP contribution in [0.25, 0.3) is 6.08 Å². The molecule has 1 aliphatic heterocycles. The summed E-state index contributed by atoms with van der Waals surface area (Å²) in [6.07, 6.45) is 1.65. The summed E-state index contributed by atoms with van der Waals surface area (Å²) in [6, 6.07) is 12.0. The number of carbonyl (C=O) groups excluding carboxylic acids is 3. The Morgan fingerprint density at radius 3 is 2.46 bits per heavy atom. The number of anilines is 1. The van der Waals surface area contributed by atoms with E-state index in [1.54, 1.807) is 30.3 Å². The van der Waals surface area contributed by atoms with Crippen LogP contribution in [0.2, 0.25) is 5.02 Å². The van der Waals surface area contributed by atoms with E-state index in [1.807, 2.05) is 37.2 Å². The van der Waals surface area contributed by atoms with Crippen molar-refractivity contribution in [3.8, 4) is 0 Å². The molecule has 0 saturated carbocycles. The molecule has 0 bridgehead atoms. The molecule has 1 fully saturated rings.